The summed E-state index contributed by atoms with van der Waals surface area (Å²) in [5, 5.41) is 3.05. The number of hydrogen-bond donors (Lipinski definition) is 1. The Balaban J connectivity index is 2.01. The van der Waals surface area contributed by atoms with E-state index >= 15 is 0 Å². The van der Waals surface area contributed by atoms with Gasteiger partial charge in [-0.2, -0.15) is 0 Å². The Morgan fingerprint density at radius 3 is 2.50 bits per heavy atom. The molecule has 2 aromatic carbocycles. The van der Waals surface area contributed by atoms with Gasteiger partial charge in [-0.05, 0) is 37.5 Å². The molecule has 2 aromatic rings. The van der Waals surface area contributed by atoms with E-state index in [1.165, 1.54) is 5.56 Å². The molecule has 0 aromatic heterocycles. The van der Waals surface area contributed by atoms with Crippen LogP contribution in [0.5, 0.6) is 0 Å². The molecular formula is C18H21NO. The zero-order valence-corrected chi connectivity index (χ0v) is 12.3. The molecule has 0 aliphatic heterocycles. The van der Waals surface area contributed by atoms with Crippen LogP contribution in [-0.2, 0) is 11.2 Å². The maximum atomic E-state index is 12.1. The van der Waals surface area contributed by atoms with Crippen LogP contribution >= 0.6 is 0 Å². The van der Waals surface area contributed by atoms with Gasteiger partial charge in [0.15, 0.2) is 0 Å². The molecule has 1 N–H and O–H groups in total. The summed E-state index contributed by atoms with van der Waals surface area (Å²) in [5.74, 6) is 0.0649. The fourth-order valence-corrected chi connectivity index (χ4v) is 2.28. The van der Waals surface area contributed by atoms with Gasteiger partial charge in [0.2, 0.25) is 5.91 Å². The molecule has 1 unspecified atom stereocenters. The predicted octanol–water partition coefficient (Wildman–Crippen LogP) is 3.72. The average Bonchev–Trinajstić information content (AvgIpc) is 2.43. The van der Waals surface area contributed by atoms with E-state index in [0.717, 1.165) is 16.7 Å². The number of carbonyl (C=O) groups excluding carboxylic acids is 1. The Morgan fingerprint density at radius 2 is 1.80 bits per heavy atom. The third-order valence-corrected chi connectivity index (χ3v) is 3.53. The molecule has 0 aliphatic rings. The smallest absolute Gasteiger partial charge is 0.224 e. The predicted molar refractivity (Wildman–Crippen MR) is 82.6 cm³/mol. The Bertz CT molecular complexity index is 590. The van der Waals surface area contributed by atoms with E-state index in [-0.39, 0.29) is 11.9 Å². The molecule has 0 heterocycles. The van der Waals surface area contributed by atoms with Crippen LogP contribution in [0.1, 0.15) is 35.2 Å². The summed E-state index contributed by atoms with van der Waals surface area (Å²) in [6, 6.07) is 16.3. The summed E-state index contributed by atoms with van der Waals surface area (Å²) in [6.45, 7) is 6.10. The Hall–Kier alpha value is -2.09. The van der Waals surface area contributed by atoms with Crippen molar-refractivity contribution in [2.75, 3.05) is 0 Å². The third kappa shape index (κ3) is 3.70. The van der Waals surface area contributed by atoms with Gasteiger partial charge in [0.1, 0.15) is 0 Å². The minimum absolute atomic E-state index is 0.0359. The molecule has 0 saturated carbocycles. The van der Waals surface area contributed by atoms with Crippen molar-refractivity contribution in [2.45, 2.75) is 33.2 Å². The number of rotatable bonds is 4. The highest BCUT2D eigenvalue weighted by atomic mass is 16.1. The van der Waals surface area contributed by atoms with Crippen LogP contribution in [0.25, 0.3) is 0 Å². The summed E-state index contributed by atoms with van der Waals surface area (Å²) in [7, 11) is 0. The van der Waals surface area contributed by atoms with E-state index in [0.29, 0.717) is 6.42 Å². The zero-order chi connectivity index (χ0) is 14.5. The fraction of sp³-hybridized carbons (Fsp3) is 0.278. The molecule has 1 atom stereocenters. The van der Waals surface area contributed by atoms with Crippen LogP contribution in [0.2, 0.25) is 0 Å². The van der Waals surface area contributed by atoms with Crippen molar-refractivity contribution in [2.24, 2.45) is 0 Å². The number of hydrogen-bond acceptors (Lipinski definition) is 1. The van der Waals surface area contributed by atoms with Crippen LogP contribution < -0.4 is 5.32 Å². The van der Waals surface area contributed by atoms with Crippen LogP contribution in [-0.4, -0.2) is 5.91 Å². The molecule has 2 heteroatoms. The second kappa shape index (κ2) is 6.38. The SMILES string of the molecule is Cc1ccc(C)c(CC(=O)NC(C)c2ccccc2)c1. The van der Waals surface area contributed by atoms with Gasteiger partial charge >= 0.3 is 0 Å². The standard InChI is InChI=1S/C18H21NO/c1-13-9-10-14(2)17(11-13)12-18(20)19-15(3)16-7-5-4-6-8-16/h4-11,15H,12H2,1-3H3,(H,19,20). The highest BCUT2D eigenvalue weighted by Crippen LogP contribution is 2.14. The lowest BCUT2D eigenvalue weighted by molar-refractivity contribution is -0.121. The van der Waals surface area contributed by atoms with Crippen molar-refractivity contribution >= 4 is 5.91 Å². The molecule has 20 heavy (non-hydrogen) atoms. The van der Waals surface area contributed by atoms with Crippen molar-refractivity contribution < 1.29 is 4.79 Å². The molecule has 0 bridgehead atoms. The van der Waals surface area contributed by atoms with Gasteiger partial charge in [-0.15, -0.1) is 0 Å². The lowest BCUT2D eigenvalue weighted by Crippen LogP contribution is -2.28. The number of aryl methyl sites for hydroxylation is 2. The van der Waals surface area contributed by atoms with Gasteiger partial charge < -0.3 is 5.32 Å². The van der Waals surface area contributed by atoms with Gasteiger partial charge in [-0.25, -0.2) is 0 Å². The molecular weight excluding hydrogens is 246 g/mol. The highest BCUT2D eigenvalue weighted by molar-refractivity contribution is 5.79. The minimum atomic E-state index is 0.0359. The minimum Gasteiger partial charge on any atom is -0.349 e. The summed E-state index contributed by atoms with van der Waals surface area (Å²) in [5.41, 5.74) is 4.58. The van der Waals surface area contributed by atoms with E-state index < -0.39 is 0 Å². The van der Waals surface area contributed by atoms with E-state index in [9.17, 15) is 4.79 Å². The molecule has 104 valence electrons. The molecule has 0 aliphatic carbocycles. The second-order valence-corrected chi connectivity index (χ2v) is 5.31. The number of nitrogens with one attached hydrogen (secondary N) is 1. The van der Waals surface area contributed by atoms with Crippen LogP contribution in [0.4, 0.5) is 0 Å². The lowest BCUT2D eigenvalue weighted by Gasteiger charge is -2.15. The number of amides is 1. The quantitative estimate of drug-likeness (QED) is 0.898. The first-order chi connectivity index (χ1) is 9.56. The van der Waals surface area contributed by atoms with Crippen molar-refractivity contribution in [3.05, 3.63) is 70.8 Å². The first-order valence-corrected chi connectivity index (χ1v) is 6.96. The van der Waals surface area contributed by atoms with Gasteiger partial charge in [0, 0.05) is 0 Å². The van der Waals surface area contributed by atoms with Crippen LogP contribution in [0.15, 0.2) is 48.5 Å². The molecule has 0 fully saturated rings. The highest BCUT2D eigenvalue weighted by Gasteiger charge is 2.11. The lowest BCUT2D eigenvalue weighted by atomic mass is 10.0. The van der Waals surface area contributed by atoms with E-state index in [1.807, 2.05) is 51.1 Å². The topological polar surface area (TPSA) is 29.1 Å². The Labute approximate surface area is 120 Å². The summed E-state index contributed by atoms with van der Waals surface area (Å²) in [4.78, 5) is 12.1. The van der Waals surface area contributed by atoms with Crippen molar-refractivity contribution in [3.63, 3.8) is 0 Å². The second-order valence-electron chi connectivity index (χ2n) is 5.31. The fourth-order valence-electron chi connectivity index (χ4n) is 2.28. The molecule has 0 saturated heterocycles. The molecule has 0 spiro atoms. The first kappa shape index (κ1) is 14.3. The Kier molecular flexibility index (Phi) is 4.57. The van der Waals surface area contributed by atoms with Crippen molar-refractivity contribution in [3.8, 4) is 0 Å². The van der Waals surface area contributed by atoms with Crippen molar-refractivity contribution in [1.29, 1.82) is 0 Å². The Morgan fingerprint density at radius 1 is 1.10 bits per heavy atom. The summed E-state index contributed by atoms with van der Waals surface area (Å²) < 4.78 is 0. The normalized spacial score (nSPS) is 11.9. The van der Waals surface area contributed by atoms with Gasteiger partial charge in [0.25, 0.3) is 0 Å². The molecule has 1 amide bonds. The van der Waals surface area contributed by atoms with Crippen molar-refractivity contribution in [1.82, 2.24) is 5.32 Å². The summed E-state index contributed by atoms with van der Waals surface area (Å²) >= 11 is 0. The monoisotopic (exact) mass is 267 g/mol. The zero-order valence-electron chi connectivity index (χ0n) is 12.3. The molecule has 2 nitrogen and oxygen atoms in total. The number of benzene rings is 2. The number of carbonyl (C=O) groups is 1. The first-order valence-electron chi connectivity index (χ1n) is 6.96. The molecule has 2 rings (SSSR count). The van der Waals surface area contributed by atoms with Gasteiger partial charge in [-0.3, -0.25) is 4.79 Å². The summed E-state index contributed by atoms with van der Waals surface area (Å²) in [6.07, 6.45) is 0.435. The van der Waals surface area contributed by atoms with E-state index in [1.54, 1.807) is 0 Å². The van der Waals surface area contributed by atoms with Gasteiger partial charge in [0.05, 0.1) is 12.5 Å². The van der Waals surface area contributed by atoms with Crippen LogP contribution in [0, 0.1) is 13.8 Å². The van der Waals surface area contributed by atoms with E-state index in [2.05, 4.69) is 23.5 Å². The largest absolute Gasteiger partial charge is 0.349 e. The molecule has 0 radical (unpaired) electrons. The van der Waals surface area contributed by atoms with Crippen LogP contribution in [0.3, 0.4) is 0 Å². The van der Waals surface area contributed by atoms with E-state index in [4.69, 9.17) is 0 Å². The third-order valence-electron chi connectivity index (χ3n) is 3.53. The van der Waals surface area contributed by atoms with Gasteiger partial charge in [-0.1, -0.05) is 54.1 Å². The average molecular weight is 267 g/mol. The maximum absolute atomic E-state index is 12.1. The maximum Gasteiger partial charge on any atom is 0.224 e.